The van der Waals surface area contributed by atoms with Crippen LogP contribution < -0.4 is 5.32 Å². The summed E-state index contributed by atoms with van der Waals surface area (Å²) in [6, 6.07) is 0. The molecule has 0 unspecified atom stereocenters. The fraction of sp³-hybridized carbons (Fsp3) is 0.733. The van der Waals surface area contributed by atoms with Crippen molar-refractivity contribution in [3.8, 4) is 0 Å². The Morgan fingerprint density at radius 3 is 2.39 bits per heavy atom. The molecule has 0 spiro atoms. The molecule has 0 saturated heterocycles. The van der Waals surface area contributed by atoms with Crippen LogP contribution in [0, 0.1) is 28.6 Å². The van der Waals surface area contributed by atoms with Gasteiger partial charge in [-0.3, -0.25) is 14.4 Å². The molecule has 10 nitrogen and oxygen atoms in total. The third-order valence-electron chi connectivity index (χ3n) is 9.80. The number of amides is 1. The molecule has 0 aliphatic heterocycles. The summed E-state index contributed by atoms with van der Waals surface area (Å²) >= 11 is 0. The summed E-state index contributed by atoms with van der Waals surface area (Å²) in [6.07, 6.45) is 3.75. The summed E-state index contributed by atoms with van der Waals surface area (Å²) in [5.41, 5.74) is -5.72. The topological polar surface area (TPSA) is 170 Å². The van der Waals surface area contributed by atoms with Crippen molar-refractivity contribution in [2.45, 2.75) is 96.6 Å². The van der Waals surface area contributed by atoms with E-state index in [1.807, 2.05) is 0 Å². The molecule has 3 saturated carbocycles. The second kappa shape index (κ2) is 11.2. The molecule has 0 bridgehead atoms. The lowest BCUT2D eigenvalue weighted by Gasteiger charge is -2.62. The number of nitrogens with one attached hydrogen (secondary N) is 1. The van der Waals surface area contributed by atoms with Crippen molar-refractivity contribution in [3.63, 3.8) is 0 Å². The van der Waals surface area contributed by atoms with E-state index in [9.17, 15) is 34.5 Å². The zero-order valence-corrected chi connectivity index (χ0v) is 24.7. The Bertz CT molecular complexity index is 1150. The quantitative estimate of drug-likeness (QED) is 0.327. The number of ketones is 2. The van der Waals surface area contributed by atoms with Gasteiger partial charge in [-0.1, -0.05) is 25.5 Å². The number of aliphatic carboxylic acids is 1. The number of allylic oxidation sites excluding steroid dienone is 4. The number of hydrogen-bond donors (Lipinski definition) is 5. The zero-order chi connectivity index (χ0) is 31.2. The maximum atomic E-state index is 16.9. The number of Topliss-reactive ketones (excluding diaryl/α,β-unsaturated/α-hetero) is 1. The summed E-state index contributed by atoms with van der Waals surface area (Å²) in [7, 11) is 0. The van der Waals surface area contributed by atoms with Gasteiger partial charge in [-0.2, -0.15) is 0 Å². The lowest BCUT2D eigenvalue weighted by atomic mass is 9.44. The molecular weight excluding hydrogens is 537 g/mol. The highest BCUT2D eigenvalue weighted by Crippen LogP contribution is 2.70. The standard InChI is InChI=1S/C22H29FO5.C8H15NO4/c1-12-8-16-15-5-4-13-9-14(25)6-7-19(13,2)21(15,23)17(26)10-20(16,3)22(12,28)18(27)11-24;1-8(2,3)13-7(12)9-5-4-6(10)11/h6-7,9,12,15-17,24,26,28H,4-5,8,10-11H2,1-3H3;4-5H2,1-3H3,(H,9,12)(H,10,11)/t12-,15-,16-,17-,19-,20-,21-,22-;/m0./s1. The van der Waals surface area contributed by atoms with Crippen LogP contribution in [0.3, 0.4) is 0 Å². The van der Waals surface area contributed by atoms with Crippen LogP contribution in [-0.4, -0.2) is 80.2 Å². The van der Waals surface area contributed by atoms with Crippen molar-refractivity contribution in [2.24, 2.45) is 28.6 Å². The third kappa shape index (κ3) is 5.48. The second-order valence-electron chi connectivity index (χ2n) is 13.3. The van der Waals surface area contributed by atoms with Crippen LogP contribution in [0.15, 0.2) is 23.8 Å². The molecule has 4 rings (SSSR count). The summed E-state index contributed by atoms with van der Waals surface area (Å²) in [4.78, 5) is 45.4. The van der Waals surface area contributed by atoms with E-state index < -0.39 is 70.1 Å². The zero-order valence-electron chi connectivity index (χ0n) is 24.7. The summed E-state index contributed by atoms with van der Waals surface area (Å²) in [5, 5.41) is 42.6. The number of carbonyl (C=O) groups excluding carboxylic acids is 3. The van der Waals surface area contributed by atoms with Crippen molar-refractivity contribution in [1.82, 2.24) is 5.32 Å². The Labute approximate surface area is 240 Å². The fourth-order valence-electron chi connectivity index (χ4n) is 7.85. The first-order valence-corrected chi connectivity index (χ1v) is 14.1. The minimum absolute atomic E-state index is 0.0676. The van der Waals surface area contributed by atoms with Crippen molar-refractivity contribution in [2.75, 3.05) is 13.2 Å². The first-order valence-electron chi connectivity index (χ1n) is 14.1. The number of carboxylic acid groups (broad SMARTS) is 1. The smallest absolute Gasteiger partial charge is 0.407 e. The number of ether oxygens (including phenoxy) is 1. The van der Waals surface area contributed by atoms with Crippen LogP contribution >= 0.6 is 0 Å². The molecule has 0 aromatic carbocycles. The Morgan fingerprint density at radius 2 is 1.83 bits per heavy atom. The maximum absolute atomic E-state index is 16.9. The molecule has 41 heavy (non-hydrogen) atoms. The van der Waals surface area contributed by atoms with Crippen molar-refractivity contribution >= 4 is 23.6 Å². The van der Waals surface area contributed by atoms with Crippen LogP contribution in [0.5, 0.6) is 0 Å². The van der Waals surface area contributed by atoms with Gasteiger partial charge in [0, 0.05) is 23.3 Å². The van der Waals surface area contributed by atoms with Gasteiger partial charge >= 0.3 is 12.1 Å². The summed E-state index contributed by atoms with van der Waals surface area (Å²) < 4.78 is 21.7. The van der Waals surface area contributed by atoms with Gasteiger partial charge in [-0.05, 0) is 77.4 Å². The molecule has 4 aliphatic carbocycles. The molecule has 11 heteroatoms. The molecular formula is C30H44FNO9. The van der Waals surface area contributed by atoms with Gasteiger partial charge in [0.2, 0.25) is 0 Å². The number of halogens is 1. The predicted molar refractivity (Wildman–Crippen MR) is 146 cm³/mol. The Morgan fingerprint density at radius 1 is 1.20 bits per heavy atom. The minimum atomic E-state index is -1.98. The fourth-order valence-corrected chi connectivity index (χ4v) is 7.85. The predicted octanol–water partition coefficient (Wildman–Crippen LogP) is 2.88. The van der Waals surface area contributed by atoms with E-state index in [2.05, 4.69) is 5.32 Å². The van der Waals surface area contributed by atoms with E-state index in [0.717, 1.165) is 0 Å². The molecule has 230 valence electrons. The van der Waals surface area contributed by atoms with Crippen LogP contribution in [0.4, 0.5) is 9.18 Å². The normalized spacial score (nSPS) is 39.3. The SMILES string of the molecule is CC(C)(C)OC(=O)NCCC(=O)O.C[C@H]1C[C@H]2[C@@H]3CCC4=CC(=O)C=C[C@]4(C)[C@@]3(F)[C@@H](O)C[C@]2(C)[C@@]1(O)C(=O)CO. The highest BCUT2D eigenvalue weighted by molar-refractivity contribution is 6.01. The number of fused-ring (bicyclic) bond motifs is 5. The van der Waals surface area contributed by atoms with Gasteiger partial charge in [0.15, 0.2) is 17.2 Å². The third-order valence-corrected chi connectivity index (χ3v) is 9.80. The summed E-state index contributed by atoms with van der Waals surface area (Å²) in [6.45, 7) is 9.79. The van der Waals surface area contributed by atoms with Gasteiger partial charge in [0.05, 0.1) is 12.5 Å². The molecule has 0 heterocycles. The van der Waals surface area contributed by atoms with Crippen LogP contribution in [0.1, 0.15) is 73.6 Å². The first kappa shape index (κ1) is 32.9. The largest absolute Gasteiger partial charge is 0.481 e. The average Bonchev–Trinajstić information content (AvgIpc) is 3.05. The Balaban J connectivity index is 0.000000302. The number of alkyl halides is 1. The number of carboxylic acids is 1. The van der Waals surface area contributed by atoms with Crippen LogP contribution in [0.2, 0.25) is 0 Å². The van der Waals surface area contributed by atoms with Crippen LogP contribution in [-0.2, 0) is 19.1 Å². The lowest BCUT2D eigenvalue weighted by Crippen LogP contribution is -2.69. The highest BCUT2D eigenvalue weighted by Gasteiger charge is 2.75. The maximum Gasteiger partial charge on any atom is 0.407 e. The van der Waals surface area contributed by atoms with Gasteiger partial charge in [-0.25, -0.2) is 9.18 Å². The molecule has 8 atom stereocenters. The van der Waals surface area contributed by atoms with Crippen molar-refractivity contribution in [3.05, 3.63) is 23.8 Å². The highest BCUT2D eigenvalue weighted by atomic mass is 19.1. The van der Waals surface area contributed by atoms with E-state index in [1.165, 1.54) is 12.2 Å². The van der Waals surface area contributed by atoms with Crippen LogP contribution in [0.25, 0.3) is 0 Å². The Hall–Kier alpha value is -2.63. The molecule has 0 radical (unpaired) electrons. The number of alkyl carbamates (subject to hydrolysis) is 1. The molecule has 1 amide bonds. The number of aliphatic hydroxyl groups is 3. The van der Waals surface area contributed by atoms with Gasteiger partial charge < -0.3 is 30.5 Å². The molecule has 0 aromatic heterocycles. The first-order chi connectivity index (χ1) is 18.8. The minimum Gasteiger partial charge on any atom is -0.481 e. The monoisotopic (exact) mass is 581 g/mol. The van der Waals surface area contributed by atoms with Crippen molar-refractivity contribution < 1.29 is 48.7 Å². The number of rotatable bonds is 5. The lowest BCUT2D eigenvalue weighted by molar-refractivity contribution is -0.219. The van der Waals surface area contributed by atoms with E-state index in [1.54, 1.807) is 47.6 Å². The second-order valence-corrected chi connectivity index (χ2v) is 13.3. The number of aliphatic hydroxyl groups excluding tert-OH is 2. The van der Waals surface area contributed by atoms with Gasteiger partial charge in [0.1, 0.15) is 17.8 Å². The van der Waals surface area contributed by atoms with E-state index >= 15 is 4.39 Å². The number of carbonyl (C=O) groups is 4. The molecule has 3 fully saturated rings. The summed E-state index contributed by atoms with van der Waals surface area (Å²) in [5.74, 6) is -3.07. The van der Waals surface area contributed by atoms with Gasteiger partial charge in [-0.15, -0.1) is 0 Å². The Kier molecular flexibility index (Phi) is 9.00. The molecule has 0 aromatic rings. The average molecular weight is 582 g/mol. The molecule has 4 aliphatic rings. The van der Waals surface area contributed by atoms with E-state index in [4.69, 9.17) is 9.84 Å². The van der Waals surface area contributed by atoms with Gasteiger partial charge in [0.25, 0.3) is 0 Å². The number of hydrogen-bond acceptors (Lipinski definition) is 8. The van der Waals surface area contributed by atoms with Crippen molar-refractivity contribution in [1.29, 1.82) is 0 Å². The van der Waals surface area contributed by atoms with E-state index in [-0.39, 0.29) is 31.1 Å². The van der Waals surface area contributed by atoms with E-state index in [0.29, 0.717) is 24.8 Å². The molecule has 5 N–H and O–H groups in total.